The Balaban J connectivity index is 0.875. The maximum absolute atomic E-state index is 13.6. The summed E-state index contributed by atoms with van der Waals surface area (Å²) in [6, 6.07) is 5.31. The van der Waals surface area contributed by atoms with Gasteiger partial charge in [-0.25, -0.2) is 22.6 Å². The Kier molecular flexibility index (Phi) is 12.3. The summed E-state index contributed by atoms with van der Waals surface area (Å²) in [6.07, 6.45) is 15.1. The number of benzene rings is 1. The number of piperidine rings is 2. The van der Waals surface area contributed by atoms with Crippen molar-refractivity contribution in [3.05, 3.63) is 64.4 Å². The number of nitrogens with one attached hydrogen (secondary N) is 2. The predicted molar refractivity (Wildman–Crippen MR) is 214 cm³/mol. The van der Waals surface area contributed by atoms with E-state index in [4.69, 9.17) is 9.72 Å². The van der Waals surface area contributed by atoms with E-state index in [0.717, 1.165) is 68.7 Å². The Morgan fingerprint density at radius 2 is 1.82 bits per heavy atom. The largest absolute Gasteiger partial charge is 0.365 e. The lowest BCUT2D eigenvalue weighted by Gasteiger charge is -2.37. The van der Waals surface area contributed by atoms with Gasteiger partial charge in [-0.15, -0.1) is 0 Å². The molecule has 15 heteroatoms. The van der Waals surface area contributed by atoms with E-state index < -0.39 is 17.2 Å². The number of anilines is 2. The van der Waals surface area contributed by atoms with Crippen LogP contribution in [0.5, 0.6) is 0 Å². The van der Waals surface area contributed by atoms with Gasteiger partial charge in [0.15, 0.2) is 11.2 Å². The molecule has 1 amide bonds. The first-order valence-corrected chi connectivity index (χ1v) is 20.5. The molecule has 1 aliphatic carbocycles. The van der Waals surface area contributed by atoms with Gasteiger partial charge in [0.2, 0.25) is 11.9 Å². The van der Waals surface area contributed by atoms with Crippen LogP contribution in [-0.4, -0.2) is 102 Å². The van der Waals surface area contributed by atoms with Gasteiger partial charge in [0, 0.05) is 76.2 Å². The number of aldehydes is 1. The Bertz CT molecular complexity index is 2080. The van der Waals surface area contributed by atoms with Crippen LogP contribution in [0.2, 0.25) is 0 Å². The van der Waals surface area contributed by atoms with Crippen LogP contribution in [0.25, 0.3) is 17.1 Å². The highest BCUT2D eigenvalue weighted by molar-refractivity contribution is 7.80. The normalized spacial score (nSPS) is 19.9. The number of rotatable bonds is 12. The minimum Gasteiger partial charge on any atom is -0.365 e. The van der Waals surface area contributed by atoms with Crippen molar-refractivity contribution in [1.29, 1.82) is 0 Å². The average Bonchev–Trinajstić information content (AvgIpc) is 3.83. The zero-order valence-electron chi connectivity index (χ0n) is 31.7. The first-order valence-electron chi connectivity index (χ1n) is 19.4. The number of fused-ring (bicyclic) bond motifs is 2. The number of hydrogen-bond acceptors (Lipinski definition) is 9. The smallest absolute Gasteiger partial charge is 0.329 e. The third-order valence-corrected chi connectivity index (χ3v) is 12.9. The first kappa shape index (κ1) is 38.6. The van der Waals surface area contributed by atoms with Crippen LogP contribution in [0.15, 0.2) is 47.5 Å². The van der Waals surface area contributed by atoms with E-state index in [0.29, 0.717) is 48.0 Å². The lowest BCUT2D eigenvalue weighted by Crippen LogP contribution is -2.48. The van der Waals surface area contributed by atoms with Crippen LogP contribution < -0.4 is 21.2 Å². The number of carbonyl (C=O) groups is 2. The van der Waals surface area contributed by atoms with E-state index in [-0.39, 0.29) is 43.2 Å². The SMILES string of the molecule is C=C1C=Cc2cnc(NC3CCN(S(=O)N4CCC(OCC#Cc5cccc6c5n(C)c(=O)n6C(C=O)CCC(=O)NC)CC4)CC3)nc2N1C1CCCC1. The fraction of sp³-hybridized carbons (Fsp3) is 0.525. The number of nitrogens with zero attached hydrogens (tertiary/aromatic N) is 7. The number of para-hydroxylation sites is 1. The molecule has 3 aliphatic heterocycles. The van der Waals surface area contributed by atoms with Crippen molar-refractivity contribution < 1.29 is 18.5 Å². The van der Waals surface area contributed by atoms with Gasteiger partial charge in [-0.1, -0.05) is 37.3 Å². The molecule has 3 fully saturated rings. The van der Waals surface area contributed by atoms with Crippen LogP contribution in [0.4, 0.5) is 11.8 Å². The van der Waals surface area contributed by atoms with E-state index in [1.165, 1.54) is 22.0 Å². The molecule has 0 bridgehead atoms. The summed E-state index contributed by atoms with van der Waals surface area (Å²) >= 11 is -1.21. The molecule has 14 nitrogen and oxygen atoms in total. The molecule has 2 saturated heterocycles. The predicted octanol–water partition coefficient (Wildman–Crippen LogP) is 3.67. The maximum Gasteiger partial charge on any atom is 0.329 e. The third kappa shape index (κ3) is 8.47. The van der Waals surface area contributed by atoms with E-state index in [9.17, 15) is 18.6 Å². The summed E-state index contributed by atoms with van der Waals surface area (Å²) in [6.45, 7) is 7.32. The van der Waals surface area contributed by atoms with Gasteiger partial charge in [-0.2, -0.15) is 4.98 Å². The van der Waals surface area contributed by atoms with E-state index in [1.54, 1.807) is 20.2 Å². The Hall–Kier alpha value is -4.62. The monoisotopic (exact) mass is 769 g/mol. The van der Waals surface area contributed by atoms with Gasteiger partial charge in [-0.3, -0.25) is 13.9 Å². The lowest BCUT2D eigenvalue weighted by molar-refractivity contribution is -0.121. The molecule has 0 spiro atoms. The summed E-state index contributed by atoms with van der Waals surface area (Å²) in [4.78, 5) is 48.8. The van der Waals surface area contributed by atoms with Crippen molar-refractivity contribution in [1.82, 2.24) is 33.0 Å². The summed E-state index contributed by atoms with van der Waals surface area (Å²) in [5, 5.41) is 6.11. The number of hydrogen-bond donors (Lipinski definition) is 2. The van der Waals surface area contributed by atoms with Crippen molar-refractivity contribution in [3.8, 4) is 11.8 Å². The second-order valence-corrected chi connectivity index (χ2v) is 16.2. The summed E-state index contributed by atoms with van der Waals surface area (Å²) in [7, 11) is 3.20. The molecule has 2 N–H and O–H groups in total. The summed E-state index contributed by atoms with van der Waals surface area (Å²) in [5.74, 6) is 7.64. The van der Waals surface area contributed by atoms with Crippen molar-refractivity contribution in [2.75, 3.05) is 50.1 Å². The van der Waals surface area contributed by atoms with Crippen LogP contribution >= 0.6 is 0 Å². The molecule has 2 aromatic heterocycles. The van der Waals surface area contributed by atoms with Crippen LogP contribution in [0.1, 0.15) is 81.4 Å². The van der Waals surface area contributed by atoms with Gasteiger partial charge in [0.25, 0.3) is 0 Å². The number of imidazole rings is 1. The van der Waals surface area contributed by atoms with Crippen molar-refractivity contribution in [3.63, 3.8) is 0 Å². The summed E-state index contributed by atoms with van der Waals surface area (Å²) in [5.41, 5.74) is 3.55. The molecule has 2 unspecified atom stereocenters. The van der Waals surface area contributed by atoms with Crippen molar-refractivity contribution in [2.45, 2.75) is 88.4 Å². The molecule has 4 aliphatic rings. The number of aryl methyl sites for hydroxylation is 1. The topological polar surface area (TPSA) is 147 Å². The quantitative estimate of drug-likeness (QED) is 0.208. The van der Waals surface area contributed by atoms with Crippen molar-refractivity contribution >= 4 is 52.2 Å². The van der Waals surface area contributed by atoms with Crippen LogP contribution in [0, 0.1) is 11.8 Å². The highest BCUT2D eigenvalue weighted by atomic mass is 32.2. The highest BCUT2D eigenvalue weighted by Gasteiger charge is 2.32. The molecule has 292 valence electrons. The van der Waals surface area contributed by atoms with Gasteiger partial charge in [0.1, 0.15) is 18.7 Å². The third-order valence-electron chi connectivity index (χ3n) is 11.3. The van der Waals surface area contributed by atoms with E-state index in [1.807, 2.05) is 28.7 Å². The average molecular weight is 770 g/mol. The number of allylic oxidation sites excluding steroid dienone is 1. The Morgan fingerprint density at radius 1 is 1.09 bits per heavy atom. The minimum absolute atomic E-state index is 0.0151. The molecule has 2 atom stereocenters. The molecule has 7 rings (SSSR count). The molecular formula is C40H51N9O5S. The molecular weight excluding hydrogens is 719 g/mol. The molecule has 5 heterocycles. The van der Waals surface area contributed by atoms with Gasteiger partial charge >= 0.3 is 5.69 Å². The maximum atomic E-state index is 13.6. The summed E-state index contributed by atoms with van der Waals surface area (Å²) < 4.78 is 26.7. The van der Waals surface area contributed by atoms with Crippen LogP contribution in [0.3, 0.4) is 0 Å². The van der Waals surface area contributed by atoms with Gasteiger partial charge < -0.3 is 25.1 Å². The Morgan fingerprint density at radius 3 is 2.53 bits per heavy atom. The molecule has 3 aromatic rings. The molecule has 0 radical (unpaired) electrons. The highest BCUT2D eigenvalue weighted by Crippen LogP contribution is 2.36. The van der Waals surface area contributed by atoms with E-state index in [2.05, 4.69) is 49.3 Å². The Labute approximate surface area is 324 Å². The fourth-order valence-electron chi connectivity index (χ4n) is 8.20. The zero-order chi connectivity index (χ0) is 38.5. The number of amides is 1. The fourth-order valence-corrected chi connectivity index (χ4v) is 9.58. The first-order chi connectivity index (χ1) is 26.7. The second-order valence-electron chi connectivity index (χ2n) is 14.7. The lowest BCUT2D eigenvalue weighted by atomic mass is 10.1. The number of carbonyl (C=O) groups excluding carboxylic acids is 2. The van der Waals surface area contributed by atoms with E-state index >= 15 is 0 Å². The minimum atomic E-state index is -1.21. The molecule has 55 heavy (non-hydrogen) atoms. The zero-order valence-corrected chi connectivity index (χ0v) is 32.6. The second kappa shape index (κ2) is 17.5. The van der Waals surface area contributed by atoms with Gasteiger partial charge in [-0.05, 0) is 69.2 Å². The number of ether oxygens (including phenoxy) is 1. The molecule has 1 saturated carbocycles. The number of aromatic nitrogens is 4. The van der Waals surface area contributed by atoms with Crippen LogP contribution in [-0.2, 0) is 32.5 Å². The standard InChI is InChI=1S/C40H51N9O5S/c1-28-13-14-30-26-42-39(44-38(30)48(28)32-10-4-5-11-32)43-31-17-21-46(22-18-31)55(53)47-23-19-34(20-24-47)54-25-7-9-29-8-6-12-35-37(29)45(3)40(52)49(35)33(27-50)15-16-36(51)41-2/h6,8,12-14,26-27,31-34H,1,4-5,10-11,15-25H2,2-3H3,(H,41,51)(H,42,43,44). The molecule has 1 aromatic carbocycles. The van der Waals surface area contributed by atoms with Gasteiger partial charge in [0.05, 0.1) is 28.7 Å². The van der Waals surface area contributed by atoms with Crippen molar-refractivity contribution in [2.24, 2.45) is 7.05 Å².